The third-order valence-electron chi connectivity index (χ3n) is 2.89. The predicted octanol–water partition coefficient (Wildman–Crippen LogP) is 3.54. The van der Waals surface area contributed by atoms with Gasteiger partial charge in [0.05, 0.1) is 23.1 Å². The van der Waals surface area contributed by atoms with Crippen molar-refractivity contribution in [3.63, 3.8) is 0 Å². The first-order chi connectivity index (χ1) is 9.70. The van der Waals surface area contributed by atoms with Gasteiger partial charge >= 0.3 is 0 Å². The van der Waals surface area contributed by atoms with E-state index < -0.39 is 6.10 Å². The molecule has 0 aromatic carbocycles. The van der Waals surface area contributed by atoms with Crippen LogP contribution in [0.4, 0.5) is 0 Å². The molecule has 2 unspecified atom stereocenters. The summed E-state index contributed by atoms with van der Waals surface area (Å²) in [4.78, 5) is 2.45. The molecule has 6 heteroatoms. The first kappa shape index (κ1) is 15.9. The second-order valence-corrected chi connectivity index (χ2v) is 7.17. The molecule has 2 aromatic rings. The van der Waals surface area contributed by atoms with Crippen molar-refractivity contribution in [1.29, 1.82) is 0 Å². The summed E-state index contributed by atoms with van der Waals surface area (Å²) in [6.45, 7) is 1.10. The molecular formula is C14H18ClNO2S2. The van der Waals surface area contributed by atoms with Crippen molar-refractivity contribution < 1.29 is 9.84 Å². The average molecular weight is 332 g/mol. The minimum atomic E-state index is -0.427. The summed E-state index contributed by atoms with van der Waals surface area (Å²) in [6, 6.07) is 8.27. The summed E-state index contributed by atoms with van der Waals surface area (Å²) >= 11 is 9.33. The molecule has 2 aromatic heterocycles. The van der Waals surface area contributed by atoms with E-state index in [1.807, 2.05) is 12.1 Å². The maximum absolute atomic E-state index is 9.69. The van der Waals surface area contributed by atoms with E-state index >= 15 is 0 Å². The molecule has 2 rings (SSSR count). The smallest absolute Gasteiger partial charge is 0.0931 e. The lowest BCUT2D eigenvalue weighted by Gasteiger charge is -2.17. The molecular weight excluding hydrogens is 314 g/mol. The Bertz CT molecular complexity index is 501. The minimum absolute atomic E-state index is 0.141. The number of hydrogen-bond acceptors (Lipinski definition) is 5. The number of aliphatic hydroxyl groups is 1. The molecule has 0 saturated heterocycles. The lowest BCUT2D eigenvalue weighted by Crippen LogP contribution is -2.26. The van der Waals surface area contributed by atoms with Crippen LogP contribution in [0.25, 0.3) is 0 Å². The third-order valence-corrected chi connectivity index (χ3v) is 5.12. The van der Waals surface area contributed by atoms with Gasteiger partial charge in [0, 0.05) is 16.9 Å². The van der Waals surface area contributed by atoms with E-state index in [0.717, 1.165) is 10.9 Å². The van der Waals surface area contributed by atoms with Gasteiger partial charge in [-0.25, -0.2) is 0 Å². The molecule has 0 fully saturated rings. The van der Waals surface area contributed by atoms with Gasteiger partial charge in [-0.2, -0.15) is 0 Å². The highest BCUT2D eigenvalue weighted by molar-refractivity contribution is 7.16. The van der Waals surface area contributed by atoms with Crippen molar-refractivity contribution in [2.24, 2.45) is 0 Å². The summed E-state index contributed by atoms with van der Waals surface area (Å²) < 4.78 is 5.72. The molecule has 3 nitrogen and oxygen atoms in total. The first-order valence-electron chi connectivity index (χ1n) is 6.39. The molecule has 0 aliphatic heterocycles. The zero-order valence-corrected chi connectivity index (χ0v) is 13.6. The van der Waals surface area contributed by atoms with Gasteiger partial charge in [0.2, 0.25) is 0 Å². The largest absolute Gasteiger partial charge is 0.391 e. The van der Waals surface area contributed by atoms with Crippen molar-refractivity contribution in [3.05, 3.63) is 43.7 Å². The molecule has 0 aliphatic carbocycles. The standard InChI is InChI=1S/C14H18ClNO2S2/c1-18-9-10(17)6-7-16-14(11-3-2-8-19-11)12-4-5-13(15)20-12/h2-5,8,10,14,16-17H,6-7,9H2,1H3. The lowest BCUT2D eigenvalue weighted by atomic mass is 10.2. The Kier molecular flexibility index (Phi) is 6.48. The average Bonchev–Trinajstić information content (AvgIpc) is 3.06. The summed E-state index contributed by atoms with van der Waals surface area (Å²) in [5, 5.41) is 15.2. The molecule has 0 amide bonds. The number of hydrogen-bond donors (Lipinski definition) is 2. The van der Waals surface area contributed by atoms with Crippen molar-refractivity contribution in [2.45, 2.75) is 18.6 Å². The van der Waals surface area contributed by atoms with Crippen LogP contribution in [0.1, 0.15) is 22.2 Å². The van der Waals surface area contributed by atoms with E-state index in [0.29, 0.717) is 13.0 Å². The molecule has 0 spiro atoms. The maximum Gasteiger partial charge on any atom is 0.0931 e. The normalized spacial score (nSPS) is 14.3. The Balaban J connectivity index is 1.98. The van der Waals surface area contributed by atoms with E-state index in [9.17, 15) is 5.11 Å². The zero-order chi connectivity index (χ0) is 14.4. The van der Waals surface area contributed by atoms with Crippen LogP contribution >= 0.6 is 34.3 Å². The topological polar surface area (TPSA) is 41.5 Å². The SMILES string of the molecule is COCC(O)CCNC(c1cccs1)c1ccc(Cl)s1. The van der Waals surface area contributed by atoms with Gasteiger partial charge in [0.25, 0.3) is 0 Å². The van der Waals surface area contributed by atoms with Gasteiger partial charge in [0.15, 0.2) is 0 Å². The van der Waals surface area contributed by atoms with Crippen molar-refractivity contribution in [1.82, 2.24) is 5.32 Å². The molecule has 0 radical (unpaired) electrons. The zero-order valence-electron chi connectivity index (χ0n) is 11.2. The Morgan fingerprint density at radius 1 is 1.35 bits per heavy atom. The molecule has 2 heterocycles. The number of rotatable bonds is 8. The third kappa shape index (κ3) is 4.55. The van der Waals surface area contributed by atoms with Crippen LogP contribution in [0.15, 0.2) is 29.6 Å². The van der Waals surface area contributed by atoms with E-state index in [2.05, 4.69) is 22.8 Å². The summed E-state index contributed by atoms with van der Waals surface area (Å²) in [7, 11) is 1.60. The van der Waals surface area contributed by atoms with Crippen molar-refractivity contribution in [3.8, 4) is 0 Å². The van der Waals surface area contributed by atoms with E-state index in [4.69, 9.17) is 16.3 Å². The van der Waals surface area contributed by atoms with Crippen LogP contribution < -0.4 is 5.32 Å². The van der Waals surface area contributed by atoms with Crippen LogP contribution in [0, 0.1) is 0 Å². The van der Waals surface area contributed by atoms with Gasteiger partial charge in [-0.05, 0) is 36.5 Å². The number of thiophene rings is 2. The highest BCUT2D eigenvalue weighted by Crippen LogP contribution is 2.32. The molecule has 20 heavy (non-hydrogen) atoms. The fraction of sp³-hybridized carbons (Fsp3) is 0.429. The molecule has 0 aliphatic rings. The fourth-order valence-corrected chi connectivity index (χ4v) is 4.00. The molecule has 0 saturated carbocycles. The molecule has 110 valence electrons. The lowest BCUT2D eigenvalue weighted by molar-refractivity contribution is 0.0592. The van der Waals surface area contributed by atoms with Crippen LogP contribution in [0.3, 0.4) is 0 Å². The van der Waals surface area contributed by atoms with Gasteiger partial charge in [-0.3, -0.25) is 0 Å². The Morgan fingerprint density at radius 2 is 2.20 bits per heavy atom. The number of ether oxygens (including phenoxy) is 1. The van der Waals surface area contributed by atoms with Crippen LogP contribution in [0.5, 0.6) is 0 Å². The first-order valence-corrected chi connectivity index (χ1v) is 8.47. The highest BCUT2D eigenvalue weighted by Gasteiger charge is 2.17. The van der Waals surface area contributed by atoms with E-state index in [1.54, 1.807) is 29.8 Å². The fourth-order valence-electron chi connectivity index (χ4n) is 1.95. The van der Waals surface area contributed by atoms with Crippen LogP contribution in [-0.4, -0.2) is 31.5 Å². The Hall–Kier alpha value is -0.430. The van der Waals surface area contributed by atoms with Crippen LogP contribution in [0.2, 0.25) is 4.34 Å². The Labute approximate surface area is 132 Å². The van der Waals surface area contributed by atoms with Crippen molar-refractivity contribution in [2.75, 3.05) is 20.3 Å². The van der Waals surface area contributed by atoms with Gasteiger partial charge < -0.3 is 15.2 Å². The number of halogens is 1. The second-order valence-electron chi connectivity index (χ2n) is 4.44. The van der Waals surface area contributed by atoms with Gasteiger partial charge in [0.1, 0.15) is 0 Å². The summed E-state index contributed by atoms with van der Waals surface area (Å²) in [5.74, 6) is 0. The quantitative estimate of drug-likeness (QED) is 0.777. The second kappa shape index (κ2) is 8.12. The van der Waals surface area contributed by atoms with Crippen molar-refractivity contribution >= 4 is 34.3 Å². The minimum Gasteiger partial charge on any atom is -0.391 e. The summed E-state index contributed by atoms with van der Waals surface area (Å²) in [5.41, 5.74) is 0. The predicted molar refractivity (Wildman–Crippen MR) is 86.0 cm³/mol. The number of aliphatic hydroxyl groups excluding tert-OH is 1. The number of methoxy groups -OCH3 is 1. The maximum atomic E-state index is 9.69. The van der Waals surface area contributed by atoms with Gasteiger partial charge in [-0.1, -0.05) is 17.7 Å². The molecule has 2 atom stereocenters. The van der Waals surface area contributed by atoms with E-state index in [-0.39, 0.29) is 6.04 Å². The van der Waals surface area contributed by atoms with Gasteiger partial charge in [-0.15, -0.1) is 22.7 Å². The molecule has 0 bridgehead atoms. The van der Waals surface area contributed by atoms with E-state index in [1.165, 1.54) is 9.75 Å². The number of nitrogens with one attached hydrogen (secondary N) is 1. The monoisotopic (exact) mass is 331 g/mol. The summed E-state index contributed by atoms with van der Waals surface area (Å²) in [6.07, 6.45) is 0.234. The Morgan fingerprint density at radius 3 is 2.80 bits per heavy atom. The highest BCUT2D eigenvalue weighted by atomic mass is 35.5. The molecule has 2 N–H and O–H groups in total. The van der Waals surface area contributed by atoms with Crippen LogP contribution in [-0.2, 0) is 4.74 Å².